The van der Waals surface area contributed by atoms with Gasteiger partial charge in [0.2, 0.25) is 5.91 Å². The number of anilines is 1. The summed E-state index contributed by atoms with van der Waals surface area (Å²) < 4.78 is 43.2. The van der Waals surface area contributed by atoms with Crippen LogP contribution in [0.15, 0.2) is 40.2 Å². The van der Waals surface area contributed by atoms with Crippen LogP contribution in [0.2, 0.25) is 0 Å². The van der Waals surface area contributed by atoms with Gasteiger partial charge in [0, 0.05) is 22.4 Å². The molecule has 148 valence electrons. The first-order valence-corrected chi connectivity index (χ1v) is 9.29. The number of thiazole rings is 1. The Morgan fingerprint density at radius 3 is 2.43 bits per heavy atom. The van der Waals surface area contributed by atoms with Gasteiger partial charge in [-0.3, -0.25) is 4.79 Å². The average molecular weight is 409 g/mol. The summed E-state index contributed by atoms with van der Waals surface area (Å²) in [7, 11) is 0. The molecule has 2 heterocycles. The van der Waals surface area contributed by atoms with E-state index in [2.05, 4.69) is 15.5 Å². The van der Waals surface area contributed by atoms with Crippen molar-refractivity contribution in [3.63, 3.8) is 0 Å². The summed E-state index contributed by atoms with van der Waals surface area (Å²) in [5, 5.41) is 8.73. The predicted octanol–water partition coefficient (Wildman–Crippen LogP) is 5.30. The molecule has 0 aliphatic carbocycles. The molecule has 0 aliphatic rings. The van der Waals surface area contributed by atoms with Gasteiger partial charge in [0.25, 0.3) is 0 Å². The lowest BCUT2D eigenvalue weighted by atomic mass is 9.93. The van der Waals surface area contributed by atoms with Gasteiger partial charge in [-0.1, -0.05) is 38.1 Å². The van der Waals surface area contributed by atoms with Crippen LogP contribution in [0.25, 0.3) is 10.6 Å². The summed E-state index contributed by atoms with van der Waals surface area (Å²) >= 11 is 1.27. The molecule has 2 aromatic heterocycles. The summed E-state index contributed by atoms with van der Waals surface area (Å²) in [6.07, 6.45) is -4.35. The molecule has 5 nitrogen and oxygen atoms in total. The molecule has 0 bridgehead atoms. The molecular formula is C19H18F3N3O2S. The standard InChI is InChI=1S/C19H18F3N3O2S/c1-18(2,3)14-9-15(25-27-14)24-16(26)8-13-10-28-17(23-13)11-4-6-12(7-5-11)19(20,21)22/h4-7,9-10H,8H2,1-3H3,(H,24,25,26). The number of hydrogen-bond donors (Lipinski definition) is 1. The Balaban J connectivity index is 1.64. The van der Waals surface area contributed by atoms with Gasteiger partial charge in [-0.15, -0.1) is 11.3 Å². The molecule has 0 radical (unpaired) electrons. The van der Waals surface area contributed by atoms with E-state index in [4.69, 9.17) is 4.52 Å². The Bertz CT molecular complexity index is 969. The van der Waals surface area contributed by atoms with Crippen molar-refractivity contribution >= 4 is 23.1 Å². The van der Waals surface area contributed by atoms with E-state index in [9.17, 15) is 18.0 Å². The maximum atomic E-state index is 12.6. The van der Waals surface area contributed by atoms with Gasteiger partial charge in [0.05, 0.1) is 17.7 Å². The van der Waals surface area contributed by atoms with E-state index in [1.54, 1.807) is 11.4 Å². The number of alkyl halides is 3. The first-order valence-electron chi connectivity index (χ1n) is 8.41. The molecular weight excluding hydrogens is 391 g/mol. The van der Waals surface area contributed by atoms with Crippen LogP contribution in [-0.2, 0) is 22.8 Å². The Morgan fingerprint density at radius 1 is 1.18 bits per heavy atom. The third kappa shape index (κ3) is 4.78. The van der Waals surface area contributed by atoms with Gasteiger partial charge >= 0.3 is 6.18 Å². The highest BCUT2D eigenvalue weighted by molar-refractivity contribution is 7.13. The second kappa shape index (κ2) is 7.38. The largest absolute Gasteiger partial charge is 0.416 e. The lowest BCUT2D eigenvalue weighted by Crippen LogP contribution is -2.15. The van der Waals surface area contributed by atoms with Gasteiger partial charge in [0.1, 0.15) is 10.8 Å². The number of carbonyl (C=O) groups excluding carboxylic acids is 1. The lowest BCUT2D eigenvalue weighted by molar-refractivity contribution is -0.137. The summed E-state index contributed by atoms with van der Waals surface area (Å²) in [6, 6.07) is 6.44. The van der Waals surface area contributed by atoms with Gasteiger partial charge in [-0.2, -0.15) is 13.2 Å². The van der Waals surface area contributed by atoms with Crippen LogP contribution >= 0.6 is 11.3 Å². The molecule has 0 spiro atoms. The molecule has 1 amide bonds. The first kappa shape index (κ1) is 20.1. The third-order valence-electron chi connectivity index (χ3n) is 3.87. The second-order valence-corrected chi connectivity index (χ2v) is 8.13. The van der Waals surface area contributed by atoms with Gasteiger partial charge in [-0.25, -0.2) is 4.98 Å². The zero-order valence-corrected chi connectivity index (χ0v) is 16.2. The SMILES string of the molecule is CC(C)(C)c1cc(NC(=O)Cc2csc(-c3ccc(C(F)(F)F)cc3)n2)no1. The Kier molecular flexibility index (Phi) is 5.29. The summed E-state index contributed by atoms with van der Waals surface area (Å²) in [5.41, 5.74) is 0.157. The van der Waals surface area contributed by atoms with Crippen LogP contribution < -0.4 is 5.32 Å². The second-order valence-electron chi connectivity index (χ2n) is 7.27. The van der Waals surface area contributed by atoms with Crippen LogP contribution in [-0.4, -0.2) is 16.0 Å². The number of rotatable bonds is 4. The molecule has 0 aliphatic heterocycles. The van der Waals surface area contributed by atoms with Crippen LogP contribution in [0.3, 0.4) is 0 Å². The molecule has 0 atom stereocenters. The quantitative estimate of drug-likeness (QED) is 0.635. The van der Waals surface area contributed by atoms with E-state index >= 15 is 0 Å². The van der Waals surface area contributed by atoms with Crippen molar-refractivity contribution in [1.29, 1.82) is 0 Å². The first-order chi connectivity index (χ1) is 13.0. The number of hydrogen-bond acceptors (Lipinski definition) is 5. The van der Waals surface area contributed by atoms with E-state index in [0.29, 0.717) is 27.8 Å². The monoisotopic (exact) mass is 409 g/mol. The van der Waals surface area contributed by atoms with Crippen LogP contribution in [0.1, 0.15) is 37.8 Å². The van der Waals surface area contributed by atoms with Crippen molar-refractivity contribution in [2.24, 2.45) is 0 Å². The highest BCUT2D eigenvalue weighted by Gasteiger charge is 2.30. The number of nitrogens with one attached hydrogen (secondary N) is 1. The number of amides is 1. The number of nitrogens with zero attached hydrogens (tertiary/aromatic N) is 2. The molecule has 0 saturated heterocycles. The number of benzene rings is 1. The fourth-order valence-electron chi connectivity index (χ4n) is 2.36. The van der Waals surface area contributed by atoms with Gasteiger partial charge < -0.3 is 9.84 Å². The molecule has 0 saturated carbocycles. The molecule has 1 aromatic carbocycles. The number of aromatic nitrogens is 2. The normalized spacial score (nSPS) is 12.2. The minimum absolute atomic E-state index is 0.0227. The van der Waals surface area contributed by atoms with Gasteiger partial charge in [-0.05, 0) is 12.1 Å². The smallest absolute Gasteiger partial charge is 0.359 e. The molecule has 9 heteroatoms. The Hall–Kier alpha value is -2.68. The van der Waals surface area contributed by atoms with Crippen LogP contribution in [0, 0.1) is 0 Å². The minimum Gasteiger partial charge on any atom is -0.359 e. The predicted molar refractivity (Wildman–Crippen MR) is 100 cm³/mol. The van der Waals surface area contributed by atoms with Crippen molar-refractivity contribution in [2.45, 2.75) is 38.8 Å². The molecule has 0 unspecified atom stereocenters. The fourth-order valence-corrected chi connectivity index (χ4v) is 3.19. The minimum atomic E-state index is -4.38. The van der Waals surface area contributed by atoms with Crippen LogP contribution in [0.4, 0.5) is 19.0 Å². The maximum absolute atomic E-state index is 12.6. The topological polar surface area (TPSA) is 68.0 Å². The maximum Gasteiger partial charge on any atom is 0.416 e. The highest BCUT2D eigenvalue weighted by Crippen LogP contribution is 2.32. The lowest BCUT2D eigenvalue weighted by Gasteiger charge is -2.11. The van der Waals surface area contributed by atoms with Crippen molar-refractivity contribution in [3.05, 3.63) is 52.7 Å². The van der Waals surface area contributed by atoms with E-state index < -0.39 is 11.7 Å². The number of carbonyl (C=O) groups is 1. The van der Waals surface area contributed by atoms with Crippen molar-refractivity contribution in [2.75, 3.05) is 5.32 Å². The third-order valence-corrected chi connectivity index (χ3v) is 4.81. The van der Waals surface area contributed by atoms with Crippen LogP contribution in [0.5, 0.6) is 0 Å². The van der Waals surface area contributed by atoms with E-state index in [1.807, 2.05) is 20.8 Å². The summed E-state index contributed by atoms with van der Waals surface area (Å²) in [4.78, 5) is 16.5. The zero-order chi connectivity index (χ0) is 20.5. The Morgan fingerprint density at radius 2 is 1.86 bits per heavy atom. The number of halogens is 3. The van der Waals surface area contributed by atoms with E-state index in [1.165, 1.54) is 23.5 Å². The molecule has 0 fully saturated rings. The highest BCUT2D eigenvalue weighted by atomic mass is 32.1. The molecule has 28 heavy (non-hydrogen) atoms. The molecule has 3 aromatic rings. The molecule has 3 rings (SSSR count). The van der Waals surface area contributed by atoms with Crippen molar-refractivity contribution in [3.8, 4) is 10.6 Å². The van der Waals surface area contributed by atoms with Crippen molar-refractivity contribution < 1.29 is 22.5 Å². The van der Waals surface area contributed by atoms with E-state index in [0.717, 1.165) is 12.1 Å². The van der Waals surface area contributed by atoms with E-state index in [-0.39, 0.29) is 17.7 Å². The molecule has 1 N–H and O–H groups in total. The Labute approximate surface area is 163 Å². The average Bonchev–Trinajstić information content (AvgIpc) is 3.23. The van der Waals surface area contributed by atoms with Gasteiger partial charge in [0.15, 0.2) is 5.82 Å². The zero-order valence-electron chi connectivity index (χ0n) is 15.4. The fraction of sp³-hybridized carbons (Fsp3) is 0.316. The van der Waals surface area contributed by atoms with Crippen molar-refractivity contribution in [1.82, 2.24) is 10.1 Å². The summed E-state index contributed by atoms with van der Waals surface area (Å²) in [5.74, 6) is 0.673. The summed E-state index contributed by atoms with van der Waals surface area (Å²) in [6.45, 7) is 5.91.